The topological polar surface area (TPSA) is 41.5 Å². The van der Waals surface area contributed by atoms with Gasteiger partial charge in [-0.15, -0.1) is 0 Å². The molecule has 0 amide bonds. The Kier molecular flexibility index (Phi) is 7.45. The SMILES string of the molecule is CCC(COC)N[C@H](C)CCO. The molecule has 3 heteroatoms. The van der Waals surface area contributed by atoms with E-state index in [1.807, 2.05) is 0 Å². The third kappa shape index (κ3) is 5.52. The van der Waals surface area contributed by atoms with E-state index in [-0.39, 0.29) is 6.61 Å². The maximum Gasteiger partial charge on any atom is 0.0615 e. The fourth-order valence-electron chi connectivity index (χ4n) is 1.16. The van der Waals surface area contributed by atoms with Gasteiger partial charge in [-0.05, 0) is 19.8 Å². The third-order valence-electron chi connectivity index (χ3n) is 1.94. The second-order valence-electron chi connectivity index (χ2n) is 3.14. The van der Waals surface area contributed by atoms with Crippen LogP contribution in [0.15, 0.2) is 0 Å². The summed E-state index contributed by atoms with van der Waals surface area (Å²) in [6.45, 7) is 5.20. The molecule has 1 unspecified atom stereocenters. The van der Waals surface area contributed by atoms with Crippen molar-refractivity contribution in [2.75, 3.05) is 20.3 Å². The normalized spacial score (nSPS) is 16.0. The monoisotopic (exact) mass is 175 g/mol. The lowest BCUT2D eigenvalue weighted by molar-refractivity contribution is 0.155. The highest BCUT2D eigenvalue weighted by Crippen LogP contribution is 1.96. The molecule has 0 saturated heterocycles. The minimum Gasteiger partial charge on any atom is -0.396 e. The number of hydrogen-bond donors (Lipinski definition) is 2. The molecule has 0 spiro atoms. The van der Waals surface area contributed by atoms with Gasteiger partial charge >= 0.3 is 0 Å². The summed E-state index contributed by atoms with van der Waals surface area (Å²) in [6.07, 6.45) is 1.86. The second kappa shape index (κ2) is 7.53. The second-order valence-corrected chi connectivity index (χ2v) is 3.14. The zero-order chi connectivity index (χ0) is 9.40. The molecular formula is C9H21NO2. The van der Waals surface area contributed by atoms with Gasteiger partial charge < -0.3 is 15.2 Å². The first-order valence-corrected chi connectivity index (χ1v) is 4.60. The Balaban J connectivity index is 3.53. The van der Waals surface area contributed by atoms with Crippen molar-refractivity contribution in [3.05, 3.63) is 0 Å². The van der Waals surface area contributed by atoms with Gasteiger partial charge in [0.15, 0.2) is 0 Å². The predicted octanol–water partition coefficient (Wildman–Crippen LogP) is 0.772. The van der Waals surface area contributed by atoms with Crippen molar-refractivity contribution in [1.29, 1.82) is 0 Å². The highest BCUT2D eigenvalue weighted by molar-refractivity contribution is 4.69. The molecule has 0 fully saturated rings. The van der Waals surface area contributed by atoms with E-state index in [9.17, 15) is 0 Å². The summed E-state index contributed by atoms with van der Waals surface area (Å²) in [5, 5.41) is 12.1. The van der Waals surface area contributed by atoms with E-state index in [2.05, 4.69) is 19.2 Å². The fourth-order valence-corrected chi connectivity index (χ4v) is 1.16. The van der Waals surface area contributed by atoms with Gasteiger partial charge in [0.25, 0.3) is 0 Å². The molecule has 0 aromatic carbocycles. The molecule has 0 aliphatic carbocycles. The summed E-state index contributed by atoms with van der Waals surface area (Å²) in [7, 11) is 1.71. The molecule has 0 aliphatic heterocycles. The summed E-state index contributed by atoms with van der Waals surface area (Å²) in [6, 6.07) is 0.784. The van der Waals surface area contributed by atoms with Crippen molar-refractivity contribution in [1.82, 2.24) is 5.32 Å². The Morgan fingerprint density at radius 1 is 1.50 bits per heavy atom. The van der Waals surface area contributed by atoms with Crippen LogP contribution in [0.2, 0.25) is 0 Å². The summed E-state index contributed by atoms with van der Waals surface area (Å²) in [5.74, 6) is 0. The van der Waals surface area contributed by atoms with Gasteiger partial charge in [0.1, 0.15) is 0 Å². The van der Waals surface area contributed by atoms with Crippen LogP contribution < -0.4 is 5.32 Å². The molecule has 12 heavy (non-hydrogen) atoms. The van der Waals surface area contributed by atoms with Crippen LogP contribution in [0.3, 0.4) is 0 Å². The summed E-state index contributed by atoms with van der Waals surface area (Å²) >= 11 is 0. The van der Waals surface area contributed by atoms with Crippen LogP contribution in [0.4, 0.5) is 0 Å². The Bertz CT molecular complexity index is 98.5. The predicted molar refractivity (Wildman–Crippen MR) is 50.3 cm³/mol. The Labute approximate surface area is 75.1 Å². The van der Waals surface area contributed by atoms with Crippen LogP contribution in [-0.4, -0.2) is 37.5 Å². The van der Waals surface area contributed by atoms with Gasteiger partial charge in [0.05, 0.1) is 6.61 Å². The zero-order valence-corrected chi connectivity index (χ0v) is 8.34. The number of aliphatic hydroxyl groups excluding tert-OH is 1. The quantitative estimate of drug-likeness (QED) is 0.600. The molecule has 2 N–H and O–H groups in total. The van der Waals surface area contributed by atoms with Crippen molar-refractivity contribution >= 4 is 0 Å². The molecule has 0 heterocycles. The van der Waals surface area contributed by atoms with Crippen molar-refractivity contribution in [3.8, 4) is 0 Å². The van der Waals surface area contributed by atoms with Gasteiger partial charge in [-0.2, -0.15) is 0 Å². The first kappa shape index (κ1) is 11.9. The van der Waals surface area contributed by atoms with Crippen LogP contribution in [-0.2, 0) is 4.74 Å². The lowest BCUT2D eigenvalue weighted by atomic mass is 10.2. The molecule has 0 aromatic heterocycles. The third-order valence-corrected chi connectivity index (χ3v) is 1.94. The average Bonchev–Trinajstić information content (AvgIpc) is 2.04. The molecule has 2 atom stereocenters. The minimum absolute atomic E-state index is 0.248. The van der Waals surface area contributed by atoms with Gasteiger partial charge in [-0.1, -0.05) is 6.92 Å². The van der Waals surface area contributed by atoms with Crippen molar-refractivity contribution < 1.29 is 9.84 Å². The number of ether oxygens (including phenoxy) is 1. The molecule has 74 valence electrons. The first-order chi connectivity index (χ1) is 5.74. The highest BCUT2D eigenvalue weighted by atomic mass is 16.5. The van der Waals surface area contributed by atoms with Crippen molar-refractivity contribution in [3.63, 3.8) is 0 Å². The van der Waals surface area contributed by atoms with E-state index >= 15 is 0 Å². The van der Waals surface area contributed by atoms with E-state index in [0.717, 1.165) is 19.4 Å². The van der Waals surface area contributed by atoms with Crippen LogP contribution in [0, 0.1) is 0 Å². The summed E-state index contributed by atoms with van der Waals surface area (Å²) in [5.41, 5.74) is 0. The number of hydrogen-bond acceptors (Lipinski definition) is 3. The minimum atomic E-state index is 0.248. The summed E-state index contributed by atoms with van der Waals surface area (Å²) in [4.78, 5) is 0. The summed E-state index contributed by atoms with van der Waals surface area (Å²) < 4.78 is 5.05. The van der Waals surface area contributed by atoms with E-state index < -0.39 is 0 Å². The van der Waals surface area contributed by atoms with E-state index in [0.29, 0.717) is 12.1 Å². The number of nitrogens with one attached hydrogen (secondary N) is 1. The maximum atomic E-state index is 8.68. The average molecular weight is 175 g/mol. The Morgan fingerprint density at radius 2 is 2.17 bits per heavy atom. The lowest BCUT2D eigenvalue weighted by Gasteiger charge is -2.20. The lowest BCUT2D eigenvalue weighted by Crippen LogP contribution is -2.39. The number of rotatable bonds is 7. The number of aliphatic hydroxyl groups is 1. The molecule has 0 aliphatic rings. The van der Waals surface area contributed by atoms with Crippen molar-refractivity contribution in [2.24, 2.45) is 0 Å². The van der Waals surface area contributed by atoms with Gasteiger partial charge in [0.2, 0.25) is 0 Å². The van der Waals surface area contributed by atoms with Gasteiger partial charge in [-0.3, -0.25) is 0 Å². The molecule has 0 aromatic rings. The maximum absolute atomic E-state index is 8.68. The molecule has 0 rings (SSSR count). The van der Waals surface area contributed by atoms with E-state index in [1.165, 1.54) is 0 Å². The smallest absolute Gasteiger partial charge is 0.0615 e. The van der Waals surface area contributed by atoms with Gasteiger partial charge in [0, 0.05) is 25.8 Å². The van der Waals surface area contributed by atoms with E-state index in [1.54, 1.807) is 7.11 Å². The molecule has 0 radical (unpaired) electrons. The zero-order valence-electron chi connectivity index (χ0n) is 8.34. The molecule has 0 bridgehead atoms. The first-order valence-electron chi connectivity index (χ1n) is 4.60. The van der Waals surface area contributed by atoms with Crippen LogP contribution in [0.5, 0.6) is 0 Å². The van der Waals surface area contributed by atoms with Crippen LogP contribution in [0.1, 0.15) is 26.7 Å². The largest absolute Gasteiger partial charge is 0.396 e. The molecule has 3 nitrogen and oxygen atoms in total. The Hall–Kier alpha value is -0.120. The Morgan fingerprint density at radius 3 is 2.58 bits per heavy atom. The highest BCUT2D eigenvalue weighted by Gasteiger charge is 2.08. The fraction of sp³-hybridized carbons (Fsp3) is 1.00. The van der Waals surface area contributed by atoms with Crippen molar-refractivity contribution in [2.45, 2.75) is 38.8 Å². The van der Waals surface area contributed by atoms with Gasteiger partial charge in [-0.25, -0.2) is 0 Å². The standard InChI is InChI=1S/C9H21NO2/c1-4-9(7-12-3)10-8(2)5-6-11/h8-11H,4-7H2,1-3H3/t8-,9?/m1/s1. The number of methoxy groups -OCH3 is 1. The van der Waals surface area contributed by atoms with Crippen LogP contribution >= 0.6 is 0 Å². The molecular weight excluding hydrogens is 154 g/mol. The van der Waals surface area contributed by atoms with Crippen LogP contribution in [0.25, 0.3) is 0 Å². The van der Waals surface area contributed by atoms with E-state index in [4.69, 9.17) is 9.84 Å². The molecule has 0 saturated carbocycles.